The molecule has 1 aliphatic rings. The molecule has 1 fully saturated rings. The molecule has 0 radical (unpaired) electrons. The van der Waals surface area contributed by atoms with Gasteiger partial charge in [0.25, 0.3) is 5.91 Å². The lowest BCUT2D eigenvalue weighted by Gasteiger charge is -2.14. The normalized spacial score (nSPS) is 22.8. The molecular weight excluding hydrogens is 262 g/mol. The fraction of sp³-hybridized carbons (Fsp3) is 0.571. The molecule has 4 nitrogen and oxygen atoms in total. The summed E-state index contributed by atoms with van der Waals surface area (Å²) in [6.07, 6.45) is 0.929. The first-order chi connectivity index (χ1) is 8.93. The molecule has 2 atom stereocenters. The van der Waals surface area contributed by atoms with Crippen molar-refractivity contribution in [3.63, 3.8) is 0 Å². The Kier molecular flexibility index (Phi) is 3.94. The van der Waals surface area contributed by atoms with Gasteiger partial charge in [0.1, 0.15) is 0 Å². The van der Waals surface area contributed by atoms with Gasteiger partial charge in [0.2, 0.25) is 0 Å². The smallest absolute Gasteiger partial charge is 0.308 e. The Hall–Kier alpha value is -1.36. The second-order valence-electron chi connectivity index (χ2n) is 5.20. The fourth-order valence-corrected chi connectivity index (χ4v) is 3.67. The molecule has 5 heteroatoms. The minimum Gasteiger partial charge on any atom is -0.481 e. The van der Waals surface area contributed by atoms with E-state index >= 15 is 0 Å². The van der Waals surface area contributed by atoms with Crippen LogP contribution in [-0.4, -0.2) is 35.0 Å². The second-order valence-corrected chi connectivity index (χ2v) is 6.34. The molecule has 1 N–H and O–H groups in total. The lowest BCUT2D eigenvalue weighted by molar-refractivity contribution is -0.142. The zero-order chi connectivity index (χ0) is 14.2. The molecule has 0 spiro atoms. The molecule has 0 saturated carbocycles. The minimum absolute atomic E-state index is 0.0214. The highest BCUT2D eigenvalue weighted by atomic mass is 32.1. The molecule has 2 unspecified atom stereocenters. The summed E-state index contributed by atoms with van der Waals surface area (Å²) in [6, 6.07) is 1.92. The van der Waals surface area contributed by atoms with Gasteiger partial charge in [-0.15, -0.1) is 11.3 Å². The quantitative estimate of drug-likeness (QED) is 0.925. The molecule has 19 heavy (non-hydrogen) atoms. The van der Waals surface area contributed by atoms with E-state index in [4.69, 9.17) is 5.11 Å². The first-order valence-corrected chi connectivity index (χ1v) is 7.37. The summed E-state index contributed by atoms with van der Waals surface area (Å²) in [5.74, 6) is -1.24. The highest BCUT2D eigenvalue weighted by Crippen LogP contribution is 2.28. The maximum atomic E-state index is 12.4. The average Bonchev–Trinajstić information content (AvgIpc) is 2.91. The van der Waals surface area contributed by atoms with E-state index in [2.05, 4.69) is 6.92 Å². The maximum Gasteiger partial charge on any atom is 0.308 e. The van der Waals surface area contributed by atoms with Crippen LogP contribution in [0.5, 0.6) is 0 Å². The van der Waals surface area contributed by atoms with Gasteiger partial charge >= 0.3 is 5.97 Å². The van der Waals surface area contributed by atoms with E-state index < -0.39 is 11.9 Å². The summed E-state index contributed by atoms with van der Waals surface area (Å²) in [5, 5.41) is 9.10. The van der Waals surface area contributed by atoms with E-state index in [1.807, 2.05) is 19.9 Å². The third-order valence-electron chi connectivity index (χ3n) is 3.77. The third-order valence-corrected chi connectivity index (χ3v) is 5.14. The van der Waals surface area contributed by atoms with E-state index in [0.717, 1.165) is 16.9 Å². The van der Waals surface area contributed by atoms with Crippen LogP contribution >= 0.6 is 11.3 Å². The number of carbonyl (C=O) groups excluding carboxylic acids is 1. The van der Waals surface area contributed by atoms with Crippen LogP contribution in [0.4, 0.5) is 0 Å². The minimum atomic E-state index is -0.806. The predicted molar refractivity (Wildman–Crippen MR) is 74.6 cm³/mol. The van der Waals surface area contributed by atoms with Crippen molar-refractivity contribution in [2.75, 3.05) is 13.1 Å². The number of amides is 1. The highest BCUT2D eigenvalue weighted by molar-refractivity contribution is 7.14. The van der Waals surface area contributed by atoms with Crippen molar-refractivity contribution in [2.24, 2.45) is 11.8 Å². The molecule has 2 rings (SSSR count). The van der Waals surface area contributed by atoms with Crippen molar-refractivity contribution in [3.05, 3.63) is 21.4 Å². The van der Waals surface area contributed by atoms with Gasteiger partial charge < -0.3 is 10.0 Å². The second kappa shape index (κ2) is 5.33. The van der Waals surface area contributed by atoms with Crippen molar-refractivity contribution in [3.8, 4) is 0 Å². The molecule has 0 bridgehead atoms. The summed E-state index contributed by atoms with van der Waals surface area (Å²) in [6.45, 7) is 6.84. The molecule has 1 saturated heterocycles. The number of hydrogen-bond donors (Lipinski definition) is 1. The van der Waals surface area contributed by atoms with Crippen LogP contribution in [0.3, 0.4) is 0 Å². The Balaban J connectivity index is 2.14. The standard InChI is InChI=1S/C14H19NO3S/c1-4-11-8(2)5-12(19-11)13(16)15-6-9(3)10(7-15)14(17)18/h5,9-10H,4,6-7H2,1-3H3,(H,17,18). The Morgan fingerprint density at radius 2 is 2.16 bits per heavy atom. The summed E-state index contributed by atoms with van der Waals surface area (Å²) in [5.41, 5.74) is 1.15. The van der Waals surface area contributed by atoms with Crippen LogP contribution in [0.25, 0.3) is 0 Å². The van der Waals surface area contributed by atoms with E-state index in [-0.39, 0.29) is 11.8 Å². The average molecular weight is 281 g/mol. The molecule has 1 aliphatic heterocycles. The Morgan fingerprint density at radius 3 is 2.63 bits per heavy atom. The zero-order valence-electron chi connectivity index (χ0n) is 11.5. The van der Waals surface area contributed by atoms with Crippen molar-refractivity contribution in [1.82, 2.24) is 4.90 Å². The number of aryl methyl sites for hydroxylation is 2. The van der Waals surface area contributed by atoms with Gasteiger partial charge in [-0.05, 0) is 30.9 Å². The number of likely N-dealkylation sites (tertiary alicyclic amines) is 1. The largest absolute Gasteiger partial charge is 0.481 e. The Labute approximate surface area is 117 Å². The van der Waals surface area contributed by atoms with E-state index in [1.54, 1.807) is 4.90 Å². The molecule has 0 aliphatic carbocycles. The first-order valence-electron chi connectivity index (χ1n) is 6.55. The van der Waals surface area contributed by atoms with Gasteiger partial charge in [0.05, 0.1) is 10.8 Å². The predicted octanol–water partition coefficient (Wildman–Crippen LogP) is 2.41. The lowest BCUT2D eigenvalue weighted by atomic mass is 9.99. The van der Waals surface area contributed by atoms with Crippen LogP contribution in [0.1, 0.15) is 34.0 Å². The van der Waals surface area contributed by atoms with Gasteiger partial charge in [0.15, 0.2) is 0 Å². The van der Waals surface area contributed by atoms with Crippen LogP contribution in [0.15, 0.2) is 6.07 Å². The third kappa shape index (κ3) is 2.66. The molecule has 0 aromatic carbocycles. The monoisotopic (exact) mass is 281 g/mol. The van der Waals surface area contributed by atoms with Crippen LogP contribution in [0, 0.1) is 18.8 Å². The van der Waals surface area contributed by atoms with Crippen molar-refractivity contribution in [1.29, 1.82) is 0 Å². The molecule has 104 valence electrons. The van der Waals surface area contributed by atoms with E-state index in [1.165, 1.54) is 16.2 Å². The van der Waals surface area contributed by atoms with Gasteiger partial charge in [-0.1, -0.05) is 13.8 Å². The topological polar surface area (TPSA) is 57.6 Å². The van der Waals surface area contributed by atoms with Crippen molar-refractivity contribution < 1.29 is 14.7 Å². The molecule has 1 amide bonds. The molecule has 2 heterocycles. The van der Waals surface area contributed by atoms with Gasteiger partial charge in [0, 0.05) is 18.0 Å². The molecular formula is C14H19NO3S. The summed E-state index contributed by atoms with van der Waals surface area (Å²) >= 11 is 1.53. The highest BCUT2D eigenvalue weighted by Gasteiger charge is 2.37. The number of thiophene rings is 1. The van der Waals surface area contributed by atoms with E-state index in [9.17, 15) is 9.59 Å². The van der Waals surface area contributed by atoms with Crippen LogP contribution < -0.4 is 0 Å². The number of hydrogen-bond acceptors (Lipinski definition) is 3. The van der Waals surface area contributed by atoms with Gasteiger partial charge in [-0.3, -0.25) is 9.59 Å². The molecule has 1 aromatic heterocycles. The number of nitrogens with zero attached hydrogens (tertiary/aromatic N) is 1. The number of rotatable bonds is 3. The summed E-state index contributed by atoms with van der Waals surface area (Å²) in [4.78, 5) is 27.1. The van der Waals surface area contributed by atoms with Crippen molar-refractivity contribution >= 4 is 23.2 Å². The zero-order valence-corrected chi connectivity index (χ0v) is 12.3. The van der Waals surface area contributed by atoms with E-state index in [0.29, 0.717) is 13.1 Å². The number of carbonyl (C=O) groups is 2. The van der Waals surface area contributed by atoms with Crippen LogP contribution in [-0.2, 0) is 11.2 Å². The van der Waals surface area contributed by atoms with Crippen LogP contribution in [0.2, 0.25) is 0 Å². The SMILES string of the molecule is CCc1sc(C(=O)N2CC(C)C(C(=O)O)C2)cc1C. The Morgan fingerprint density at radius 1 is 1.47 bits per heavy atom. The number of carboxylic acids is 1. The summed E-state index contributed by atoms with van der Waals surface area (Å²) < 4.78 is 0. The summed E-state index contributed by atoms with van der Waals surface area (Å²) in [7, 11) is 0. The molecule has 1 aromatic rings. The number of aliphatic carboxylic acids is 1. The number of carboxylic acid groups (broad SMARTS) is 1. The van der Waals surface area contributed by atoms with Gasteiger partial charge in [-0.25, -0.2) is 0 Å². The first kappa shape index (κ1) is 14.1. The maximum absolute atomic E-state index is 12.4. The van der Waals surface area contributed by atoms with Gasteiger partial charge in [-0.2, -0.15) is 0 Å². The lowest BCUT2D eigenvalue weighted by Crippen LogP contribution is -2.29. The fourth-order valence-electron chi connectivity index (χ4n) is 2.59. The Bertz CT molecular complexity index is 509. The van der Waals surface area contributed by atoms with Crippen molar-refractivity contribution in [2.45, 2.75) is 27.2 Å².